The molecule has 0 saturated carbocycles. The smallest absolute Gasteiger partial charge is 0.224 e. The van der Waals surface area contributed by atoms with Gasteiger partial charge in [0.1, 0.15) is 5.82 Å². The van der Waals surface area contributed by atoms with Crippen molar-refractivity contribution in [1.29, 1.82) is 0 Å². The summed E-state index contributed by atoms with van der Waals surface area (Å²) < 4.78 is 21.6. The van der Waals surface area contributed by atoms with Crippen LogP contribution in [0.25, 0.3) is 0 Å². The van der Waals surface area contributed by atoms with Gasteiger partial charge in [0.25, 0.3) is 0 Å². The van der Waals surface area contributed by atoms with Crippen LogP contribution in [-0.4, -0.2) is 75.6 Å². The lowest BCUT2D eigenvalue weighted by Gasteiger charge is -2.26. The van der Waals surface area contributed by atoms with Gasteiger partial charge in [-0.15, -0.1) is 0 Å². The van der Waals surface area contributed by atoms with E-state index >= 15 is 0 Å². The maximum atomic E-state index is 5.41. The average Bonchev–Trinajstić information content (AvgIpc) is 2.73. The summed E-state index contributed by atoms with van der Waals surface area (Å²) in [6.07, 6.45) is 0. The molecule has 0 atom stereocenters. The molecule has 158 valence electrons. The second-order valence-corrected chi connectivity index (χ2v) is 6.64. The number of anilines is 3. The van der Waals surface area contributed by atoms with E-state index in [1.165, 1.54) is 0 Å². The van der Waals surface area contributed by atoms with Crippen molar-refractivity contribution < 1.29 is 18.9 Å². The Morgan fingerprint density at radius 2 is 1.69 bits per heavy atom. The molecule has 0 bridgehead atoms. The molecule has 2 heterocycles. The number of nitrogens with zero attached hydrogens (tertiary/aromatic N) is 3. The van der Waals surface area contributed by atoms with E-state index in [0.717, 1.165) is 50.8 Å². The number of rotatable bonds is 9. The Bertz CT molecular complexity index is 786. The molecule has 0 spiro atoms. The second kappa shape index (κ2) is 10.1. The molecule has 3 rings (SSSR count). The Morgan fingerprint density at radius 3 is 2.31 bits per heavy atom. The number of hydrogen-bond donors (Lipinski definition) is 2. The molecule has 9 heteroatoms. The molecule has 1 aliphatic heterocycles. The summed E-state index contributed by atoms with van der Waals surface area (Å²) in [5.74, 6) is 2.96. The third-order valence-corrected chi connectivity index (χ3v) is 4.61. The highest BCUT2D eigenvalue weighted by Crippen LogP contribution is 2.40. The van der Waals surface area contributed by atoms with Crippen molar-refractivity contribution in [3.8, 4) is 17.2 Å². The van der Waals surface area contributed by atoms with Gasteiger partial charge in [-0.3, -0.25) is 4.90 Å². The first kappa shape index (κ1) is 20.9. The standard InChI is InChI=1S/C20H29N5O4/c1-14-11-18(23-15-12-16(26-2)19(28-4)17(13-15)27-3)24-20(22-14)21-5-6-25-7-9-29-10-8-25/h11-13H,5-10H2,1-4H3,(H2,21,22,23,24). The van der Waals surface area contributed by atoms with Crippen molar-refractivity contribution in [3.05, 3.63) is 23.9 Å². The molecule has 1 fully saturated rings. The first-order chi connectivity index (χ1) is 14.1. The summed E-state index contributed by atoms with van der Waals surface area (Å²) in [6, 6.07) is 5.56. The normalized spacial score (nSPS) is 14.3. The maximum absolute atomic E-state index is 5.41. The molecule has 1 aliphatic rings. The molecule has 1 saturated heterocycles. The van der Waals surface area contributed by atoms with Crippen molar-refractivity contribution in [2.75, 3.05) is 71.4 Å². The number of ether oxygens (including phenoxy) is 4. The fourth-order valence-electron chi connectivity index (χ4n) is 3.16. The van der Waals surface area contributed by atoms with E-state index in [-0.39, 0.29) is 0 Å². The molecule has 2 N–H and O–H groups in total. The fourth-order valence-corrected chi connectivity index (χ4v) is 3.16. The minimum Gasteiger partial charge on any atom is -0.493 e. The van der Waals surface area contributed by atoms with Crippen LogP contribution in [0.4, 0.5) is 17.5 Å². The van der Waals surface area contributed by atoms with Gasteiger partial charge in [0.15, 0.2) is 11.5 Å². The molecule has 2 aromatic rings. The van der Waals surface area contributed by atoms with Gasteiger partial charge in [-0.1, -0.05) is 0 Å². The zero-order chi connectivity index (χ0) is 20.6. The Labute approximate surface area is 171 Å². The number of benzene rings is 1. The number of methoxy groups -OCH3 is 3. The van der Waals surface area contributed by atoms with Crippen LogP contribution in [0.5, 0.6) is 17.2 Å². The van der Waals surface area contributed by atoms with Gasteiger partial charge in [-0.25, -0.2) is 4.98 Å². The van der Waals surface area contributed by atoms with E-state index in [9.17, 15) is 0 Å². The van der Waals surface area contributed by atoms with Crippen LogP contribution in [0, 0.1) is 6.92 Å². The Hall–Kier alpha value is -2.78. The zero-order valence-electron chi connectivity index (χ0n) is 17.4. The summed E-state index contributed by atoms with van der Waals surface area (Å²) in [7, 11) is 4.76. The quantitative estimate of drug-likeness (QED) is 0.654. The lowest BCUT2D eigenvalue weighted by atomic mass is 10.2. The first-order valence-electron chi connectivity index (χ1n) is 9.59. The predicted molar refractivity (Wildman–Crippen MR) is 112 cm³/mol. The molecule has 29 heavy (non-hydrogen) atoms. The Kier molecular flexibility index (Phi) is 7.31. The molecule has 0 unspecified atom stereocenters. The number of aryl methyl sites for hydroxylation is 1. The summed E-state index contributed by atoms with van der Waals surface area (Å²) >= 11 is 0. The highest BCUT2D eigenvalue weighted by molar-refractivity contribution is 5.67. The SMILES string of the molecule is COc1cc(Nc2cc(C)nc(NCCN3CCOCC3)n2)cc(OC)c1OC. The van der Waals surface area contributed by atoms with E-state index in [2.05, 4.69) is 25.5 Å². The predicted octanol–water partition coefficient (Wildman–Crippen LogP) is 2.30. The van der Waals surface area contributed by atoms with Crippen LogP contribution in [0.15, 0.2) is 18.2 Å². The van der Waals surface area contributed by atoms with E-state index in [1.807, 2.05) is 25.1 Å². The maximum Gasteiger partial charge on any atom is 0.224 e. The molecular formula is C20H29N5O4. The minimum atomic E-state index is 0.546. The van der Waals surface area contributed by atoms with Gasteiger partial charge in [0, 0.05) is 55.8 Å². The van der Waals surface area contributed by atoms with E-state index in [1.54, 1.807) is 21.3 Å². The van der Waals surface area contributed by atoms with Crippen molar-refractivity contribution in [3.63, 3.8) is 0 Å². The second-order valence-electron chi connectivity index (χ2n) is 6.64. The molecule has 0 aliphatic carbocycles. The Morgan fingerprint density at radius 1 is 1.00 bits per heavy atom. The lowest BCUT2D eigenvalue weighted by Crippen LogP contribution is -2.39. The lowest BCUT2D eigenvalue weighted by molar-refractivity contribution is 0.0398. The Balaban J connectivity index is 1.69. The number of aromatic nitrogens is 2. The van der Waals surface area contributed by atoms with Crippen LogP contribution in [0.1, 0.15) is 5.69 Å². The number of hydrogen-bond acceptors (Lipinski definition) is 9. The first-order valence-corrected chi connectivity index (χ1v) is 9.59. The van der Waals surface area contributed by atoms with E-state index in [4.69, 9.17) is 18.9 Å². The number of morpholine rings is 1. The molecule has 9 nitrogen and oxygen atoms in total. The summed E-state index contributed by atoms with van der Waals surface area (Å²) in [4.78, 5) is 11.4. The zero-order valence-corrected chi connectivity index (χ0v) is 17.4. The minimum absolute atomic E-state index is 0.546. The summed E-state index contributed by atoms with van der Waals surface area (Å²) in [5, 5.41) is 6.60. The van der Waals surface area contributed by atoms with Crippen LogP contribution in [0.3, 0.4) is 0 Å². The highest BCUT2D eigenvalue weighted by Gasteiger charge is 2.14. The van der Waals surface area contributed by atoms with E-state index in [0.29, 0.717) is 29.0 Å². The summed E-state index contributed by atoms with van der Waals surface area (Å²) in [6.45, 7) is 7.15. The van der Waals surface area contributed by atoms with Crippen LogP contribution in [-0.2, 0) is 4.74 Å². The number of nitrogens with one attached hydrogen (secondary N) is 2. The summed E-state index contributed by atoms with van der Waals surface area (Å²) in [5.41, 5.74) is 1.64. The van der Waals surface area contributed by atoms with Gasteiger partial charge in [-0.05, 0) is 6.92 Å². The van der Waals surface area contributed by atoms with Crippen molar-refractivity contribution in [2.45, 2.75) is 6.92 Å². The van der Waals surface area contributed by atoms with Crippen LogP contribution in [0.2, 0.25) is 0 Å². The van der Waals surface area contributed by atoms with Gasteiger partial charge >= 0.3 is 0 Å². The van der Waals surface area contributed by atoms with Crippen LogP contribution >= 0.6 is 0 Å². The van der Waals surface area contributed by atoms with Gasteiger partial charge in [0.05, 0.1) is 34.5 Å². The fraction of sp³-hybridized carbons (Fsp3) is 0.500. The molecule has 1 aromatic heterocycles. The van der Waals surface area contributed by atoms with Gasteiger partial charge in [0.2, 0.25) is 11.7 Å². The van der Waals surface area contributed by atoms with Gasteiger partial charge < -0.3 is 29.6 Å². The van der Waals surface area contributed by atoms with Crippen LogP contribution < -0.4 is 24.8 Å². The molecule has 0 radical (unpaired) electrons. The third kappa shape index (κ3) is 5.61. The topological polar surface area (TPSA) is 90.0 Å². The van der Waals surface area contributed by atoms with Gasteiger partial charge in [-0.2, -0.15) is 4.98 Å². The molecular weight excluding hydrogens is 374 g/mol. The van der Waals surface area contributed by atoms with Crippen molar-refractivity contribution in [2.24, 2.45) is 0 Å². The van der Waals surface area contributed by atoms with Crippen molar-refractivity contribution >= 4 is 17.5 Å². The van der Waals surface area contributed by atoms with E-state index < -0.39 is 0 Å². The molecule has 0 amide bonds. The average molecular weight is 403 g/mol. The largest absolute Gasteiger partial charge is 0.493 e. The highest BCUT2D eigenvalue weighted by atomic mass is 16.5. The monoisotopic (exact) mass is 403 g/mol. The van der Waals surface area contributed by atoms with Crippen molar-refractivity contribution in [1.82, 2.24) is 14.9 Å². The molecule has 1 aromatic carbocycles. The third-order valence-electron chi connectivity index (χ3n) is 4.61.